The molecule has 0 aliphatic rings. The van der Waals surface area contributed by atoms with Gasteiger partial charge < -0.3 is 27.5 Å². The van der Waals surface area contributed by atoms with Crippen LogP contribution >= 0.6 is 15.2 Å². The molecule has 11 heteroatoms. The Kier molecular flexibility index (Phi) is 11.9. The number of aliphatic hydroxyl groups excluding tert-OH is 1. The minimum absolute atomic E-state index is 0. The summed E-state index contributed by atoms with van der Waals surface area (Å²) in [5, 5.41) is 8.47. The SMILES string of the molecule is O=P(O)(O)CC(O)P(=O)(O)O.[H-].[H-].[Na+].[Na+]. The van der Waals surface area contributed by atoms with Crippen LogP contribution in [0.5, 0.6) is 0 Å². The summed E-state index contributed by atoms with van der Waals surface area (Å²) in [7, 11) is -9.35. The first-order valence-electron chi connectivity index (χ1n) is 2.41. The van der Waals surface area contributed by atoms with E-state index in [9.17, 15) is 9.13 Å². The first-order chi connectivity index (χ1) is 4.63. The second-order valence-electron chi connectivity index (χ2n) is 1.92. The normalized spacial score (nSPS) is 13.9. The van der Waals surface area contributed by atoms with E-state index in [2.05, 4.69) is 0 Å². The van der Waals surface area contributed by atoms with Gasteiger partial charge in [0.2, 0.25) is 0 Å². The van der Waals surface area contributed by atoms with E-state index in [1.54, 1.807) is 0 Å². The minimum atomic E-state index is -4.79. The average molecular weight is 254 g/mol. The summed E-state index contributed by atoms with van der Waals surface area (Å²) in [5.74, 6) is -2.29. The van der Waals surface area contributed by atoms with Gasteiger partial charge in [-0.1, -0.05) is 0 Å². The first-order valence-corrected chi connectivity index (χ1v) is 5.89. The molecule has 0 bridgehead atoms. The van der Waals surface area contributed by atoms with Crippen molar-refractivity contribution in [2.45, 2.75) is 5.85 Å². The molecule has 0 saturated heterocycles. The molecule has 0 amide bonds. The maximum Gasteiger partial charge on any atom is 1.00 e. The quantitative estimate of drug-likeness (QED) is 0.249. The third kappa shape index (κ3) is 12.2. The first kappa shape index (κ1) is 20.6. The van der Waals surface area contributed by atoms with Crippen LogP contribution in [0.2, 0.25) is 0 Å². The molecular formula is C2H10Na2O7P2. The van der Waals surface area contributed by atoms with Gasteiger partial charge in [0, 0.05) is 0 Å². The zero-order chi connectivity index (χ0) is 9.28. The zero-order valence-electron chi connectivity index (χ0n) is 9.23. The van der Waals surface area contributed by atoms with Gasteiger partial charge in [-0.15, -0.1) is 0 Å². The van der Waals surface area contributed by atoms with E-state index in [1.165, 1.54) is 0 Å². The third-order valence-corrected chi connectivity index (χ3v) is 2.86. The molecule has 72 valence electrons. The Bertz CT molecular complexity index is 227. The fourth-order valence-electron chi connectivity index (χ4n) is 0.319. The van der Waals surface area contributed by atoms with E-state index >= 15 is 0 Å². The minimum Gasteiger partial charge on any atom is -1.00 e. The summed E-state index contributed by atoms with van der Waals surface area (Å²) in [6, 6.07) is 0. The molecule has 0 aromatic rings. The summed E-state index contributed by atoms with van der Waals surface area (Å²) >= 11 is 0. The van der Waals surface area contributed by atoms with Gasteiger partial charge in [-0.25, -0.2) is 0 Å². The predicted octanol–water partition coefficient (Wildman–Crippen LogP) is -7.11. The van der Waals surface area contributed by atoms with Crippen LogP contribution < -0.4 is 59.1 Å². The molecule has 1 atom stereocenters. The Morgan fingerprint density at radius 3 is 1.46 bits per heavy atom. The van der Waals surface area contributed by atoms with Crippen molar-refractivity contribution in [3.63, 3.8) is 0 Å². The molecule has 0 rings (SSSR count). The van der Waals surface area contributed by atoms with E-state index in [-0.39, 0.29) is 62.0 Å². The van der Waals surface area contributed by atoms with Gasteiger partial charge in [-0.05, 0) is 0 Å². The summed E-state index contributed by atoms with van der Waals surface area (Å²) in [4.78, 5) is 32.7. The van der Waals surface area contributed by atoms with Crippen molar-refractivity contribution in [2.24, 2.45) is 0 Å². The fraction of sp³-hybridized carbons (Fsp3) is 1.00. The van der Waals surface area contributed by atoms with Crippen LogP contribution in [-0.2, 0) is 9.13 Å². The van der Waals surface area contributed by atoms with Crippen LogP contribution in [0, 0.1) is 0 Å². The zero-order valence-corrected chi connectivity index (χ0v) is 13.0. The molecule has 1 unspecified atom stereocenters. The largest absolute Gasteiger partial charge is 1.00 e. The molecule has 0 aromatic heterocycles. The van der Waals surface area contributed by atoms with E-state index in [1.807, 2.05) is 0 Å². The van der Waals surface area contributed by atoms with Crippen LogP contribution in [0.15, 0.2) is 0 Å². The van der Waals surface area contributed by atoms with Crippen molar-refractivity contribution >= 4 is 15.2 Å². The van der Waals surface area contributed by atoms with Gasteiger partial charge in [0.05, 0.1) is 6.16 Å². The fourth-order valence-corrected chi connectivity index (χ4v) is 2.23. The van der Waals surface area contributed by atoms with Crippen molar-refractivity contribution < 1.29 is 95.8 Å². The topological polar surface area (TPSA) is 135 Å². The average Bonchev–Trinajstić information content (AvgIpc) is 1.56. The van der Waals surface area contributed by atoms with Gasteiger partial charge >= 0.3 is 74.3 Å². The summed E-state index contributed by atoms with van der Waals surface area (Å²) in [5.41, 5.74) is 0. The molecule has 5 N–H and O–H groups in total. The van der Waals surface area contributed by atoms with Gasteiger partial charge in [-0.2, -0.15) is 0 Å². The van der Waals surface area contributed by atoms with E-state index in [0.29, 0.717) is 0 Å². The maximum atomic E-state index is 10.1. The molecule has 0 radical (unpaired) electrons. The molecule has 0 spiro atoms. The van der Waals surface area contributed by atoms with E-state index < -0.39 is 27.2 Å². The molecule has 0 aromatic carbocycles. The summed E-state index contributed by atoms with van der Waals surface area (Å²) in [6.07, 6.45) is -1.22. The molecule has 0 aliphatic heterocycles. The Labute approximate surface area is 122 Å². The summed E-state index contributed by atoms with van der Waals surface area (Å²) in [6.45, 7) is 0. The van der Waals surface area contributed by atoms with Crippen molar-refractivity contribution in [3.05, 3.63) is 0 Å². The van der Waals surface area contributed by atoms with Crippen molar-refractivity contribution in [2.75, 3.05) is 6.16 Å². The monoisotopic (exact) mass is 254 g/mol. The van der Waals surface area contributed by atoms with Gasteiger partial charge in [0.25, 0.3) is 0 Å². The maximum absolute atomic E-state index is 10.1. The van der Waals surface area contributed by atoms with Crippen LogP contribution in [0.4, 0.5) is 0 Å². The molecule has 0 aliphatic carbocycles. The van der Waals surface area contributed by atoms with E-state index in [0.717, 1.165) is 0 Å². The Morgan fingerprint density at radius 1 is 1.08 bits per heavy atom. The van der Waals surface area contributed by atoms with Crippen LogP contribution in [0.1, 0.15) is 2.85 Å². The summed E-state index contributed by atoms with van der Waals surface area (Å²) < 4.78 is 20.2. The second-order valence-corrected chi connectivity index (χ2v) is 5.39. The standard InChI is InChI=1S/C2H8O7P2.2Na.2H/c3-2(11(7,8)9)1-10(4,5)6;;;;/h2-3H,1H2,(H2,4,5,6)(H2,7,8,9);;;;/q;2*+1;2*-1. The van der Waals surface area contributed by atoms with Gasteiger partial charge in [0.15, 0.2) is 5.85 Å². The smallest absolute Gasteiger partial charge is 1.00 e. The second kappa shape index (κ2) is 7.52. The van der Waals surface area contributed by atoms with Crippen LogP contribution in [0.25, 0.3) is 0 Å². The van der Waals surface area contributed by atoms with Crippen molar-refractivity contribution in [1.29, 1.82) is 0 Å². The number of rotatable bonds is 3. The number of hydrogen-bond acceptors (Lipinski definition) is 3. The molecule has 13 heavy (non-hydrogen) atoms. The molecule has 0 heterocycles. The van der Waals surface area contributed by atoms with Crippen molar-refractivity contribution in [3.8, 4) is 0 Å². The number of hydrogen-bond donors (Lipinski definition) is 5. The predicted molar refractivity (Wildman–Crippen MR) is 37.2 cm³/mol. The molecule has 0 fully saturated rings. The molecular weight excluding hydrogens is 244 g/mol. The Balaban J connectivity index is -0.0000000833. The Hall–Kier alpha value is 2.26. The molecule has 0 saturated carbocycles. The van der Waals surface area contributed by atoms with Crippen molar-refractivity contribution in [1.82, 2.24) is 0 Å². The van der Waals surface area contributed by atoms with E-state index in [4.69, 9.17) is 24.7 Å². The van der Waals surface area contributed by atoms with Crippen LogP contribution in [-0.4, -0.2) is 36.7 Å². The molecule has 7 nitrogen and oxygen atoms in total. The Morgan fingerprint density at radius 2 is 1.38 bits per heavy atom. The number of aliphatic hydroxyl groups is 1. The van der Waals surface area contributed by atoms with Gasteiger partial charge in [-0.3, -0.25) is 9.13 Å². The third-order valence-electron chi connectivity index (χ3n) is 0.789. The van der Waals surface area contributed by atoms with Crippen LogP contribution in [0.3, 0.4) is 0 Å². The van der Waals surface area contributed by atoms with Gasteiger partial charge in [0.1, 0.15) is 0 Å².